The van der Waals surface area contributed by atoms with Crippen LogP contribution in [0.1, 0.15) is 39.9 Å². The number of amides is 1. The number of nitrogen functional groups attached to an aromatic ring is 1. The maximum absolute atomic E-state index is 12.7. The first kappa shape index (κ1) is 16.5. The first-order valence-corrected chi connectivity index (χ1v) is 8.40. The van der Waals surface area contributed by atoms with Gasteiger partial charge in [-0.2, -0.15) is 0 Å². The van der Waals surface area contributed by atoms with Crippen LogP contribution in [0.3, 0.4) is 0 Å². The topological polar surface area (TPSA) is 120 Å². The fourth-order valence-corrected chi connectivity index (χ4v) is 3.31. The number of aromatic nitrogens is 4. The van der Waals surface area contributed by atoms with Crippen molar-refractivity contribution in [1.29, 1.82) is 0 Å². The molecule has 3 aromatic rings. The summed E-state index contributed by atoms with van der Waals surface area (Å²) in [5.41, 5.74) is 8.67. The Hall–Kier alpha value is -3.00. The molecule has 132 valence electrons. The van der Waals surface area contributed by atoms with E-state index in [1.54, 1.807) is 19.2 Å². The molecule has 1 amide bonds. The molecule has 0 radical (unpaired) electrons. The summed E-state index contributed by atoms with van der Waals surface area (Å²) in [4.78, 5) is 29.6. The number of nitrogens with two attached hydrogens (primary N) is 1. The van der Waals surface area contributed by atoms with Crippen LogP contribution in [0.5, 0.6) is 0 Å². The van der Waals surface area contributed by atoms with Crippen molar-refractivity contribution in [3.63, 3.8) is 0 Å². The van der Waals surface area contributed by atoms with Gasteiger partial charge in [-0.05, 0) is 31.4 Å². The summed E-state index contributed by atoms with van der Waals surface area (Å²) in [7, 11) is 0. The van der Waals surface area contributed by atoms with Crippen LogP contribution >= 0.6 is 11.6 Å². The molecule has 1 atom stereocenters. The van der Waals surface area contributed by atoms with Gasteiger partial charge in [-0.1, -0.05) is 11.6 Å². The van der Waals surface area contributed by atoms with E-state index in [4.69, 9.17) is 21.8 Å². The van der Waals surface area contributed by atoms with Crippen molar-refractivity contribution >= 4 is 23.3 Å². The molecular weight excluding hydrogens is 356 g/mol. The van der Waals surface area contributed by atoms with Crippen LogP contribution in [0.25, 0.3) is 11.6 Å². The molecule has 0 aliphatic heterocycles. The number of hydrogen-bond acceptors (Lipinski definition) is 7. The molecule has 0 aromatic carbocycles. The number of carbonyl (C=O) groups excluding carboxylic acids is 1. The Morgan fingerprint density at radius 2 is 2.19 bits per heavy atom. The average Bonchev–Trinajstić information content (AvgIpc) is 3.28. The van der Waals surface area contributed by atoms with Crippen LogP contribution < -0.4 is 11.1 Å². The highest BCUT2D eigenvalue weighted by Gasteiger charge is 2.29. The zero-order valence-corrected chi connectivity index (χ0v) is 14.6. The molecule has 0 bridgehead atoms. The Balaban J connectivity index is 1.60. The lowest BCUT2D eigenvalue weighted by Gasteiger charge is -2.14. The average molecular weight is 371 g/mol. The van der Waals surface area contributed by atoms with E-state index in [1.807, 2.05) is 0 Å². The van der Waals surface area contributed by atoms with E-state index in [-0.39, 0.29) is 17.6 Å². The summed E-state index contributed by atoms with van der Waals surface area (Å²) in [5.74, 6) is -0.0903. The number of rotatable bonds is 3. The third kappa shape index (κ3) is 2.78. The Labute approximate surface area is 153 Å². The SMILES string of the molecule is Cc1nc(C(=O)NC2CCc3c(Cl)ccnc32)c(N)nc1-c1ncco1. The highest BCUT2D eigenvalue weighted by Crippen LogP contribution is 2.34. The molecule has 8 nitrogen and oxygen atoms in total. The Kier molecular flexibility index (Phi) is 4.04. The minimum atomic E-state index is -0.406. The van der Waals surface area contributed by atoms with E-state index in [2.05, 4.69) is 25.3 Å². The molecule has 0 spiro atoms. The summed E-state index contributed by atoms with van der Waals surface area (Å²) in [6.07, 6.45) is 6.05. The third-order valence-electron chi connectivity index (χ3n) is 4.30. The van der Waals surface area contributed by atoms with Gasteiger partial charge in [0.1, 0.15) is 12.0 Å². The van der Waals surface area contributed by atoms with Crippen molar-refractivity contribution in [2.24, 2.45) is 0 Å². The molecule has 0 saturated carbocycles. The monoisotopic (exact) mass is 370 g/mol. The zero-order chi connectivity index (χ0) is 18.3. The summed E-state index contributed by atoms with van der Waals surface area (Å²) >= 11 is 6.19. The maximum Gasteiger partial charge on any atom is 0.274 e. The molecule has 1 aliphatic rings. The highest BCUT2D eigenvalue weighted by molar-refractivity contribution is 6.31. The van der Waals surface area contributed by atoms with Crippen LogP contribution in [-0.2, 0) is 6.42 Å². The molecule has 1 unspecified atom stereocenters. The normalized spacial score (nSPS) is 15.7. The summed E-state index contributed by atoms with van der Waals surface area (Å²) < 4.78 is 5.22. The van der Waals surface area contributed by atoms with Crippen LogP contribution in [-0.4, -0.2) is 25.8 Å². The number of pyridine rings is 1. The standard InChI is InChI=1S/C17H15ClN6O2/c1-8-12(17-21-6-7-26-17)24-15(19)14(22-8)16(25)23-11-3-2-9-10(18)4-5-20-13(9)11/h4-7,11H,2-3H2,1H3,(H2,19,24)(H,23,25). The number of halogens is 1. The van der Waals surface area contributed by atoms with E-state index in [9.17, 15) is 4.79 Å². The Morgan fingerprint density at radius 1 is 1.35 bits per heavy atom. The summed E-state index contributed by atoms with van der Waals surface area (Å²) in [6, 6.07) is 1.52. The first-order valence-electron chi connectivity index (χ1n) is 8.02. The van der Waals surface area contributed by atoms with Gasteiger partial charge in [0.2, 0.25) is 5.89 Å². The van der Waals surface area contributed by atoms with Gasteiger partial charge < -0.3 is 15.5 Å². The smallest absolute Gasteiger partial charge is 0.274 e. The van der Waals surface area contributed by atoms with Crippen LogP contribution in [0.15, 0.2) is 29.1 Å². The molecule has 3 aromatic heterocycles. The Morgan fingerprint density at radius 3 is 2.96 bits per heavy atom. The number of carbonyl (C=O) groups is 1. The number of hydrogen-bond donors (Lipinski definition) is 2. The lowest BCUT2D eigenvalue weighted by atomic mass is 10.2. The summed E-state index contributed by atoms with van der Waals surface area (Å²) in [6.45, 7) is 1.72. The minimum absolute atomic E-state index is 0.0126. The molecule has 9 heteroatoms. The predicted molar refractivity (Wildman–Crippen MR) is 94.5 cm³/mol. The fraction of sp³-hybridized carbons (Fsp3) is 0.235. The second-order valence-electron chi connectivity index (χ2n) is 5.95. The number of oxazole rings is 1. The van der Waals surface area contributed by atoms with Gasteiger partial charge in [-0.25, -0.2) is 15.0 Å². The number of nitrogens with zero attached hydrogens (tertiary/aromatic N) is 4. The summed E-state index contributed by atoms with van der Waals surface area (Å²) in [5, 5.41) is 3.58. The largest absolute Gasteiger partial charge is 0.443 e. The second-order valence-corrected chi connectivity index (χ2v) is 6.36. The van der Waals surface area contributed by atoms with Gasteiger partial charge in [0, 0.05) is 11.2 Å². The second kappa shape index (κ2) is 6.38. The molecule has 4 rings (SSSR count). The molecule has 26 heavy (non-hydrogen) atoms. The van der Waals surface area contributed by atoms with Crippen LogP contribution in [0, 0.1) is 6.92 Å². The van der Waals surface area contributed by atoms with Gasteiger partial charge in [0.25, 0.3) is 5.91 Å². The van der Waals surface area contributed by atoms with E-state index in [0.29, 0.717) is 22.3 Å². The van der Waals surface area contributed by atoms with Gasteiger partial charge in [-0.3, -0.25) is 9.78 Å². The van der Waals surface area contributed by atoms with E-state index in [1.165, 1.54) is 12.5 Å². The number of aryl methyl sites for hydroxylation is 1. The van der Waals surface area contributed by atoms with Crippen LogP contribution in [0.2, 0.25) is 5.02 Å². The lowest BCUT2D eigenvalue weighted by molar-refractivity contribution is 0.0931. The molecule has 3 N–H and O–H groups in total. The quantitative estimate of drug-likeness (QED) is 0.726. The predicted octanol–water partition coefficient (Wildman–Crippen LogP) is 2.49. The van der Waals surface area contributed by atoms with E-state index >= 15 is 0 Å². The van der Waals surface area contributed by atoms with Gasteiger partial charge in [0.15, 0.2) is 11.5 Å². The van der Waals surface area contributed by atoms with Gasteiger partial charge in [-0.15, -0.1) is 0 Å². The minimum Gasteiger partial charge on any atom is -0.443 e. The third-order valence-corrected chi connectivity index (χ3v) is 4.65. The lowest BCUT2D eigenvalue weighted by Crippen LogP contribution is -2.29. The first-order chi connectivity index (χ1) is 12.5. The van der Waals surface area contributed by atoms with Crippen molar-refractivity contribution in [2.45, 2.75) is 25.8 Å². The van der Waals surface area contributed by atoms with Gasteiger partial charge >= 0.3 is 0 Å². The van der Waals surface area contributed by atoms with E-state index < -0.39 is 5.91 Å². The van der Waals surface area contributed by atoms with Crippen molar-refractivity contribution in [3.8, 4) is 11.6 Å². The fourth-order valence-electron chi connectivity index (χ4n) is 3.07. The molecule has 1 aliphatic carbocycles. The molecule has 0 fully saturated rings. The molecular formula is C17H15ClN6O2. The number of fused-ring (bicyclic) bond motifs is 1. The molecule has 0 saturated heterocycles. The van der Waals surface area contributed by atoms with Crippen molar-refractivity contribution in [1.82, 2.24) is 25.3 Å². The zero-order valence-electron chi connectivity index (χ0n) is 13.9. The van der Waals surface area contributed by atoms with Crippen molar-refractivity contribution in [3.05, 3.63) is 52.4 Å². The highest BCUT2D eigenvalue weighted by atomic mass is 35.5. The Bertz CT molecular complexity index is 989. The number of nitrogens with one attached hydrogen (secondary N) is 1. The van der Waals surface area contributed by atoms with Gasteiger partial charge in [0.05, 0.1) is 23.6 Å². The number of anilines is 1. The van der Waals surface area contributed by atoms with Crippen LogP contribution in [0.4, 0.5) is 5.82 Å². The van der Waals surface area contributed by atoms with Crippen molar-refractivity contribution in [2.75, 3.05) is 5.73 Å². The van der Waals surface area contributed by atoms with E-state index in [0.717, 1.165) is 24.1 Å². The molecule has 3 heterocycles. The van der Waals surface area contributed by atoms with Crippen molar-refractivity contribution < 1.29 is 9.21 Å². The maximum atomic E-state index is 12.7.